The van der Waals surface area contributed by atoms with Crippen LogP contribution in [0.3, 0.4) is 0 Å². The van der Waals surface area contributed by atoms with Gasteiger partial charge in [-0.05, 0) is 60.8 Å². The van der Waals surface area contributed by atoms with Crippen molar-refractivity contribution in [3.8, 4) is 0 Å². The number of likely N-dealkylation sites (tertiary alicyclic amines) is 1. The number of aliphatic hydroxyl groups is 3. The van der Waals surface area contributed by atoms with E-state index >= 15 is 9.59 Å². The number of amides is 11. The number of para-hydroxylation sites is 1. The van der Waals surface area contributed by atoms with E-state index in [1.54, 1.807) is 76.2 Å². The van der Waals surface area contributed by atoms with Crippen LogP contribution >= 0.6 is 23.5 Å². The normalized spacial score (nSPS) is 24.6. The molecule has 5 heterocycles. The molecule has 11 amide bonds. The number of H-pyrrole nitrogens is 1. The van der Waals surface area contributed by atoms with Crippen LogP contribution in [0.5, 0.6) is 0 Å². The van der Waals surface area contributed by atoms with Crippen LogP contribution < -0.4 is 47.9 Å². The molecular weight excluding hydrogens is 1270 g/mol. The highest BCUT2D eigenvalue weighted by Gasteiger charge is 2.45. The molecular formula is C65H88N12O16S2. The number of nitrogens with one attached hydrogen (secondary N) is 10. The first-order chi connectivity index (χ1) is 45.1. The Hall–Kier alpha value is -8.19. The second-order valence-corrected chi connectivity index (χ2v) is 27.2. The smallest absolute Gasteiger partial charge is 0.246 e. The van der Waals surface area contributed by atoms with Gasteiger partial charge in [0.2, 0.25) is 65.0 Å². The zero-order chi connectivity index (χ0) is 69.5. The molecule has 13 atom stereocenters. The highest BCUT2D eigenvalue weighted by molar-refractivity contribution is 7.99. The van der Waals surface area contributed by atoms with E-state index in [9.17, 15) is 68.1 Å². The van der Waals surface area contributed by atoms with E-state index in [0.717, 1.165) is 16.7 Å². The topological polar surface area (TPSA) is 413 Å². The molecule has 4 aliphatic rings. The Balaban J connectivity index is 1.13. The number of fused-ring (bicyclic) bond motifs is 5. The van der Waals surface area contributed by atoms with Gasteiger partial charge in [-0.3, -0.25) is 62.3 Å². The molecule has 0 saturated carbocycles. The monoisotopic (exact) mass is 1360 g/mol. The summed E-state index contributed by atoms with van der Waals surface area (Å²) in [4.78, 5) is 188. The van der Waals surface area contributed by atoms with Gasteiger partial charge in [0.05, 0.1) is 60.2 Å². The van der Waals surface area contributed by atoms with Gasteiger partial charge in [0, 0.05) is 98.0 Å². The average Bonchev–Trinajstić information content (AvgIpc) is 1.69. The summed E-state index contributed by atoms with van der Waals surface area (Å²) in [5, 5.41) is 57.1. The lowest BCUT2D eigenvalue weighted by Gasteiger charge is -2.32. The lowest BCUT2D eigenvalue weighted by molar-refractivity contribution is -0.145. The van der Waals surface area contributed by atoms with E-state index in [1.165, 1.54) is 30.5 Å². The fraction of sp³-hybridized carbons (Fsp3) is 0.554. The molecule has 4 aliphatic heterocycles. The molecule has 13 N–H and O–H groups in total. The highest BCUT2D eigenvalue weighted by Crippen LogP contribution is 2.35. The van der Waals surface area contributed by atoms with Gasteiger partial charge < -0.3 is 78.0 Å². The van der Waals surface area contributed by atoms with Crippen LogP contribution in [0.15, 0.2) is 65.8 Å². The molecule has 0 aliphatic carbocycles. The minimum Gasteiger partial charge on any atom is -0.394 e. The van der Waals surface area contributed by atoms with Gasteiger partial charge in [-0.15, -0.1) is 11.8 Å². The van der Waals surface area contributed by atoms with Gasteiger partial charge in [-0.25, -0.2) is 0 Å². The minimum atomic E-state index is -1.63. The van der Waals surface area contributed by atoms with Gasteiger partial charge in [-0.2, -0.15) is 11.8 Å². The van der Waals surface area contributed by atoms with E-state index in [-0.39, 0.29) is 55.2 Å². The van der Waals surface area contributed by atoms with Crippen molar-refractivity contribution in [1.82, 2.24) is 57.3 Å². The lowest BCUT2D eigenvalue weighted by atomic mass is 9.85. The molecule has 7 rings (SSSR count). The number of ketones is 2. The molecule has 0 radical (unpaired) electrons. The Labute approximate surface area is 558 Å². The molecule has 1 aromatic heterocycles. The van der Waals surface area contributed by atoms with Crippen molar-refractivity contribution in [2.24, 2.45) is 29.6 Å². The lowest BCUT2D eigenvalue weighted by Crippen LogP contribution is -2.56. The first-order valence-corrected chi connectivity index (χ1v) is 34.2. The van der Waals surface area contributed by atoms with Crippen LogP contribution in [-0.2, 0) is 75.3 Å². The van der Waals surface area contributed by atoms with E-state index in [0.29, 0.717) is 51.3 Å². The number of benzene rings is 2. The Morgan fingerprint density at radius 3 is 2.14 bits per heavy atom. The van der Waals surface area contributed by atoms with Crippen LogP contribution in [0, 0.1) is 29.6 Å². The molecule has 2 bridgehead atoms. The molecule has 12 unspecified atom stereocenters. The van der Waals surface area contributed by atoms with E-state index in [4.69, 9.17) is 0 Å². The number of carbonyl (C=O) groups excluding carboxylic acids is 13. The maximum atomic E-state index is 15.1. The number of rotatable bonds is 19. The molecule has 3 aromatic rings. The molecule has 0 spiro atoms. The number of anilines is 1. The summed E-state index contributed by atoms with van der Waals surface area (Å²) in [5.41, 5.74) is 2.53. The van der Waals surface area contributed by atoms with Gasteiger partial charge in [0.15, 0.2) is 11.6 Å². The summed E-state index contributed by atoms with van der Waals surface area (Å²) >= 11 is 2.56. The van der Waals surface area contributed by atoms with Crippen LogP contribution in [0.4, 0.5) is 5.69 Å². The number of thioether (sulfide) groups is 2. The van der Waals surface area contributed by atoms with Crippen molar-refractivity contribution >= 4 is 117 Å². The summed E-state index contributed by atoms with van der Waals surface area (Å²) in [6, 6.07) is 5.39. The summed E-state index contributed by atoms with van der Waals surface area (Å²) in [7, 11) is 0. The number of Topliss-reactive ketones (excluding diaryl/α,β-unsaturated/α-hetero) is 2. The predicted octanol–water partition coefficient (Wildman–Crippen LogP) is -0.177. The van der Waals surface area contributed by atoms with Crippen LogP contribution in [0.25, 0.3) is 10.9 Å². The second kappa shape index (κ2) is 34.0. The Kier molecular flexibility index (Phi) is 26.5. The summed E-state index contributed by atoms with van der Waals surface area (Å²) in [5.74, 6) is -14.3. The summed E-state index contributed by atoms with van der Waals surface area (Å²) < 4.78 is 0. The zero-order valence-corrected chi connectivity index (χ0v) is 56.0. The first-order valence-electron chi connectivity index (χ1n) is 31.9. The number of carbonyl (C=O) groups is 13. The van der Waals surface area contributed by atoms with E-state index in [1.807, 2.05) is 6.26 Å². The predicted molar refractivity (Wildman–Crippen MR) is 352 cm³/mol. The molecule has 95 heavy (non-hydrogen) atoms. The van der Waals surface area contributed by atoms with Crippen molar-refractivity contribution in [2.75, 3.05) is 50.1 Å². The fourth-order valence-corrected chi connectivity index (χ4v) is 13.7. The number of hydrogen-bond acceptors (Lipinski definition) is 18. The first kappa shape index (κ1) is 74.2. The maximum absolute atomic E-state index is 15.1. The standard InChI is InChI=1S/C65H88N12O16S2/c1-9-33(4)57-62(91)68-27-53(85)71-45-31-95-64-43(42-12-10-11-13-44(42)72-64)20-38(60(89)67-28-54(86)74-57)21-48(81)58(34(5)49(82)30-78)75-61(90)46-24-41(79)29-77(46)65(93)39(22-47(45)80)23-52(84)66-26-37-14-16-40(17-15-37)70-59(88)35(6)69-63(92)56(32(2)3)73-51(83)18-19-76-36(7)50(94-8)25-55(76)87/h10-17,32-35,38-39,41,45-46,49-50,56-58,72,78-79,82H,7,9,18-31H2,1-6,8H3,(H,66,84)(H,67,89)(H,68,91)(H,69,92)(H,70,88)(H,71,85)(H,73,83)(H,74,86)(H,75,90)/t33?,34?,35-,38?,39?,41?,45?,46?,49?,50?,56?,57?,58?/m0/s1. The van der Waals surface area contributed by atoms with Crippen molar-refractivity contribution in [1.29, 1.82) is 0 Å². The van der Waals surface area contributed by atoms with Crippen molar-refractivity contribution < 1.29 is 77.6 Å². The Morgan fingerprint density at radius 2 is 1.47 bits per heavy atom. The van der Waals surface area contributed by atoms with E-state index < -0.39 is 188 Å². The fourth-order valence-electron chi connectivity index (χ4n) is 11.9. The maximum Gasteiger partial charge on any atom is 0.246 e. The van der Waals surface area contributed by atoms with E-state index in [2.05, 4.69) is 59.4 Å². The van der Waals surface area contributed by atoms with Gasteiger partial charge in [0.1, 0.15) is 24.2 Å². The third-order valence-corrected chi connectivity index (χ3v) is 20.0. The number of aromatic amines is 1. The quantitative estimate of drug-likeness (QED) is 0.0740. The second-order valence-electron chi connectivity index (χ2n) is 25.1. The Morgan fingerprint density at radius 1 is 0.789 bits per heavy atom. The number of nitrogens with zero attached hydrogens (tertiary/aromatic N) is 2. The average molecular weight is 1360 g/mol. The SMILES string of the molecule is C=C1C(SC)CC(=O)N1CCC(=O)NC(C(=O)N[C@@H](C)C(=O)Nc1ccc(CNC(=O)CC2CC(=O)C3CSc4[nH]c5ccccc5c4CC(CC(=O)C(C(C)C(O)CO)NC(=O)C4CC(O)CN4C2=O)C(=O)NCC(=O)NC(C(C)CC)C(=O)NCC(=O)N3)cc1)C(C)C. The molecule has 30 heteroatoms. The highest BCUT2D eigenvalue weighted by atomic mass is 32.2. The molecule has 2 fully saturated rings. The van der Waals surface area contributed by atoms with Crippen molar-refractivity contribution in [2.45, 2.75) is 158 Å². The third kappa shape index (κ3) is 19.5. The number of aromatic nitrogens is 1. The molecule has 516 valence electrons. The van der Waals surface area contributed by atoms with Crippen molar-refractivity contribution in [3.63, 3.8) is 0 Å². The van der Waals surface area contributed by atoms with Crippen LogP contribution in [0.2, 0.25) is 0 Å². The summed E-state index contributed by atoms with van der Waals surface area (Å²) in [6.07, 6.45) is -3.03. The molecule has 2 saturated heterocycles. The minimum absolute atomic E-state index is 0.0660. The van der Waals surface area contributed by atoms with Gasteiger partial charge in [0.25, 0.3) is 0 Å². The van der Waals surface area contributed by atoms with Gasteiger partial charge >= 0.3 is 0 Å². The Bertz CT molecular complexity index is 3400. The largest absolute Gasteiger partial charge is 0.394 e. The number of aliphatic hydroxyl groups excluding tert-OH is 3. The zero-order valence-electron chi connectivity index (χ0n) is 54.4. The van der Waals surface area contributed by atoms with Gasteiger partial charge in [-0.1, -0.05) is 78.0 Å². The summed E-state index contributed by atoms with van der Waals surface area (Å²) in [6.45, 7) is 11.1. The third-order valence-electron chi connectivity index (χ3n) is 17.8. The van der Waals surface area contributed by atoms with Crippen LogP contribution in [0.1, 0.15) is 97.6 Å². The van der Waals surface area contributed by atoms with Crippen molar-refractivity contribution in [3.05, 3.63) is 71.9 Å². The van der Waals surface area contributed by atoms with Crippen LogP contribution in [-0.4, -0.2) is 205 Å². The molecule has 2 aromatic carbocycles. The molecule has 28 nitrogen and oxygen atoms in total. The number of hydrogen-bond donors (Lipinski definition) is 13.